The van der Waals surface area contributed by atoms with E-state index in [4.69, 9.17) is 0 Å². The largest absolute Gasteiger partial charge is 0.322 e. The van der Waals surface area contributed by atoms with Crippen molar-refractivity contribution in [1.29, 1.82) is 0 Å². The molecule has 3 atom stereocenters. The molecule has 0 radical (unpaired) electrons. The fourth-order valence-electron chi connectivity index (χ4n) is 4.80. The van der Waals surface area contributed by atoms with Crippen LogP contribution in [0.2, 0.25) is 0 Å². The van der Waals surface area contributed by atoms with Gasteiger partial charge in [-0.3, -0.25) is 9.58 Å². The second-order valence-corrected chi connectivity index (χ2v) is 8.00. The first-order valence-electron chi connectivity index (χ1n) is 9.44. The number of carbonyl (C=O) groups excluding carboxylic acids is 1. The zero-order valence-electron chi connectivity index (χ0n) is 14.8. The lowest BCUT2D eigenvalue weighted by Gasteiger charge is -2.40. The van der Waals surface area contributed by atoms with Crippen molar-refractivity contribution in [2.75, 3.05) is 31.5 Å². The van der Waals surface area contributed by atoms with Gasteiger partial charge in [-0.05, 0) is 44.9 Å². The third-order valence-electron chi connectivity index (χ3n) is 6.15. The van der Waals surface area contributed by atoms with Gasteiger partial charge in [-0.1, -0.05) is 6.42 Å². The Bertz CT molecular complexity index is 590. The van der Waals surface area contributed by atoms with E-state index in [2.05, 4.69) is 29.2 Å². The first kappa shape index (κ1) is 15.9. The molecular weight excluding hydrogens is 302 g/mol. The van der Waals surface area contributed by atoms with E-state index in [1.807, 2.05) is 15.8 Å². The normalized spacial score (nSPS) is 30.3. The van der Waals surface area contributed by atoms with Gasteiger partial charge in [-0.2, -0.15) is 5.10 Å². The highest BCUT2D eigenvalue weighted by atomic mass is 16.2. The fourth-order valence-corrected chi connectivity index (χ4v) is 4.80. The molecule has 2 saturated carbocycles. The molecule has 2 aliphatic carbocycles. The molecule has 6 heteroatoms. The Labute approximate surface area is 144 Å². The summed E-state index contributed by atoms with van der Waals surface area (Å²) in [5, 5.41) is 7.26. The van der Waals surface area contributed by atoms with Crippen molar-refractivity contribution in [3.05, 3.63) is 12.4 Å². The third kappa shape index (κ3) is 3.04. The van der Waals surface area contributed by atoms with Gasteiger partial charge in [0.2, 0.25) is 0 Å². The Hall–Kier alpha value is -1.56. The van der Waals surface area contributed by atoms with Crippen LogP contribution in [0.25, 0.3) is 0 Å². The molecule has 0 aromatic carbocycles. The zero-order chi connectivity index (χ0) is 16.7. The minimum absolute atomic E-state index is 0.00546. The second-order valence-electron chi connectivity index (χ2n) is 8.00. The number of piperazine rings is 1. The van der Waals surface area contributed by atoms with Crippen LogP contribution >= 0.6 is 0 Å². The van der Waals surface area contributed by atoms with Crippen molar-refractivity contribution in [2.45, 2.75) is 51.6 Å². The van der Waals surface area contributed by atoms with Crippen molar-refractivity contribution < 1.29 is 4.79 Å². The van der Waals surface area contributed by atoms with Gasteiger partial charge in [0.25, 0.3) is 0 Å². The number of hydrogen-bond donors (Lipinski definition) is 1. The molecule has 1 aromatic rings. The molecule has 2 bridgehead atoms. The average molecular weight is 331 g/mol. The maximum atomic E-state index is 12.5. The van der Waals surface area contributed by atoms with Gasteiger partial charge >= 0.3 is 6.03 Å². The van der Waals surface area contributed by atoms with Crippen LogP contribution in [0.3, 0.4) is 0 Å². The van der Waals surface area contributed by atoms with Crippen molar-refractivity contribution in [3.63, 3.8) is 0 Å². The summed E-state index contributed by atoms with van der Waals surface area (Å²) in [4.78, 5) is 17.0. The number of urea groups is 1. The van der Waals surface area contributed by atoms with E-state index in [0.29, 0.717) is 6.04 Å². The molecule has 3 aliphatic rings. The number of hydrogen-bond acceptors (Lipinski definition) is 3. The predicted octanol–water partition coefficient (Wildman–Crippen LogP) is 2.80. The molecular formula is C18H29N5O. The van der Waals surface area contributed by atoms with E-state index >= 15 is 0 Å². The Morgan fingerprint density at radius 3 is 2.58 bits per heavy atom. The van der Waals surface area contributed by atoms with Crippen LogP contribution in [0.5, 0.6) is 0 Å². The van der Waals surface area contributed by atoms with Gasteiger partial charge in [0, 0.05) is 44.5 Å². The monoisotopic (exact) mass is 331 g/mol. The number of anilines is 1. The molecule has 132 valence electrons. The molecule has 0 unspecified atom stereocenters. The molecule has 1 N–H and O–H groups in total. The number of rotatable bonds is 3. The quantitative estimate of drug-likeness (QED) is 0.926. The average Bonchev–Trinajstić information content (AvgIpc) is 3.31. The Kier molecular flexibility index (Phi) is 4.24. The van der Waals surface area contributed by atoms with E-state index in [1.165, 1.54) is 25.7 Å². The van der Waals surface area contributed by atoms with Crippen LogP contribution in [0.4, 0.5) is 10.5 Å². The van der Waals surface area contributed by atoms with E-state index in [-0.39, 0.29) is 6.03 Å². The topological polar surface area (TPSA) is 53.4 Å². The summed E-state index contributed by atoms with van der Waals surface area (Å²) in [6, 6.07) is 1.10. The number of fused-ring (bicyclic) bond motifs is 2. The Morgan fingerprint density at radius 2 is 2.00 bits per heavy atom. The molecule has 2 heterocycles. The van der Waals surface area contributed by atoms with Crippen LogP contribution < -0.4 is 5.32 Å². The first-order chi connectivity index (χ1) is 11.6. The third-order valence-corrected chi connectivity index (χ3v) is 6.15. The molecule has 1 aliphatic heterocycles. The lowest BCUT2D eigenvalue weighted by Crippen LogP contribution is -2.53. The highest BCUT2D eigenvalue weighted by Gasteiger charge is 2.42. The van der Waals surface area contributed by atoms with E-state index in [9.17, 15) is 4.79 Å². The molecule has 1 saturated heterocycles. The van der Waals surface area contributed by atoms with Gasteiger partial charge in [0.05, 0.1) is 11.9 Å². The minimum Gasteiger partial charge on any atom is -0.322 e. The van der Waals surface area contributed by atoms with Crippen LogP contribution in [-0.4, -0.2) is 57.8 Å². The summed E-state index contributed by atoms with van der Waals surface area (Å²) < 4.78 is 1.86. The van der Waals surface area contributed by atoms with Gasteiger partial charge < -0.3 is 10.2 Å². The fraction of sp³-hybridized carbons (Fsp3) is 0.778. The smallest absolute Gasteiger partial charge is 0.322 e. The maximum Gasteiger partial charge on any atom is 0.322 e. The van der Waals surface area contributed by atoms with Crippen LogP contribution in [0.1, 0.15) is 45.6 Å². The molecule has 0 spiro atoms. The van der Waals surface area contributed by atoms with Crippen LogP contribution in [0, 0.1) is 11.8 Å². The van der Waals surface area contributed by atoms with Crippen molar-refractivity contribution >= 4 is 11.7 Å². The molecule has 3 fully saturated rings. The number of amides is 2. The molecule has 2 amide bonds. The number of aromatic nitrogens is 2. The maximum absolute atomic E-state index is 12.5. The summed E-state index contributed by atoms with van der Waals surface area (Å²) in [7, 11) is 0. The molecule has 6 nitrogen and oxygen atoms in total. The molecule has 24 heavy (non-hydrogen) atoms. The standard InChI is InChI=1S/C18H29N5O/c1-13(2)23-12-16(11-19-23)20-18(24)22-7-5-21(6-8-22)17-10-14-3-4-15(17)9-14/h11-15,17H,3-10H2,1-2H3,(H,20,24)/t14-,15-,17+/m0/s1. The lowest BCUT2D eigenvalue weighted by molar-refractivity contribution is 0.0860. The highest BCUT2D eigenvalue weighted by Crippen LogP contribution is 2.46. The summed E-state index contributed by atoms with van der Waals surface area (Å²) in [5.74, 6) is 1.91. The lowest BCUT2D eigenvalue weighted by atomic mass is 9.93. The molecule has 1 aromatic heterocycles. The summed E-state index contributed by atoms with van der Waals surface area (Å²) in [5.41, 5.74) is 0.782. The predicted molar refractivity (Wildman–Crippen MR) is 94.0 cm³/mol. The van der Waals surface area contributed by atoms with Gasteiger partial charge in [-0.25, -0.2) is 4.79 Å². The Balaban J connectivity index is 1.28. The van der Waals surface area contributed by atoms with Crippen molar-refractivity contribution in [1.82, 2.24) is 19.6 Å². The summed E-state index contributed by atoms with van der Waals surface area (Å²) in [6.07, 6.45) is 9.34. The molecule has 4 rings (SSSR count). The van der Waals surface area contributed by atoms with E-state index < -0.39 is 0 Å². The van der Waals surface area contributed by atoms with Crippen molar-refractivity contribution in [2.24, 2.45) is 11.8 Å². The number of nitrogens with one attached hydrogen (secondary N) is 1. The van der Waals surface area contributed by atoms with Gasteiger partial charge in [0.15, 0.2) is 0 Å². The summed E-state index contributed by atoms with van der Waals surface area (Å²) in [6.45, 7) is 7.86. The number of carbonyl (C=O) groups is 1. The van der Waals surface area contributed by atoms with Gasteiger partial charge in [-0.15, -0.1) is 0 Å². The van der Waals surface area contributed by atoms with Crippen LogP contribution in [-0.2, 0) is 0 Å². The van der Waals surface area contributed by atoms with Crippen molar-refractivity contribution in [3.8, 4) is 0 Å². The Morgan fingerprint density at radius 1 is 1.21 bits per heavy atom. The zero-order valence-corrected chi connectivity index (χ0v) is 14.8. The minimum atomic E-state index is 0.00546. The second kappa shape index (κ2) is 6.39. The number of nitrogens with zero attached hydrogens (tertiary/aromatic N) is 4. The first-order valence-corrected chi connectivity index (χ1v) is 9.44. The highest BCUT2D eigenvalue weighted by molar-refractivity contribution is 5.89. The van der Waals surface area contributed by atoms with Gasteiger partial charge in [0.1, 0.15) is 0 Å². The van der Waals surface area contributed by atoms with E-state index in [1.54, 1.807) is 6.20 Å². The summed E-state index contributed by atoms with van der Waals surface area (Å²) >= 11 is 0. The SMILES string of the molecule is CC(C)n1cc(NC(=O)N2CCN([C@@H]3C[C@H]4CC[C@H]3C4)CC2)cn1. The van der Waals surface area contributed by atoms with Crippen LogP contribution in [0.15, 0.2) is 12.4 Å². The van der Waals surface area contributed by atoms with E-state index in [0.717, 1.165) is 49.7 Å².